The molecular weight excluding hydrogens is 633 g/mol. The van der Waals surface area contributed by atoms with E-state index in [1.54, 1.807) is 84.9 Å². The fraction of sp³-hybridized carbons (Fsp3) is 0.111. The van der Waals surface area contributed by atoms with Crippen molar-refractivity contribution in [3.8, 4) is 12.1 Å². The molecule has 0 amide bonds. The average Bonchev–Trinajstić information content (AvgIpc) is 3.63. The monoisotopic (exact) mass is 660 g/mol. The third-order valence-corrected chi connectivity index (χ3v) is 11.4. The highest BCUT2D eigenvalue weighted by Crippen LogP contribution is 2.37. The molecule has 11 heteroatoms. The molecule has 1 saturated heterocycles. The van der Waals surface area contributed by atoms with Gasteiger partial charge in [-0.2, -0.15) is 10.5 Å². The van der Waals surface area contributed by atoms with Crippen LogP contribution in [-0.2, 0) is 24.8 Å². The van der Waals surface area contributed by atoms with Crippen molar-refractivity contribution in [2.75, 3.05) is 6.61 Å². The summed E-state index contributed by atoms with van der Waals surface area (Å²) in [7, 11) is -7.53. The molecule has 6 aromatic rings. The van der Waals surface area contributed by atoms with Gasteiger partial charge in [0.15, 0.2) is 0 Å². The van der Waals surface area contributed by atoms with Gasteiger partial charge in [-0.15, -0.1) is 0 Å². The first-order chi connectivity index (χ1) is 22.5. The molecule has 0 N–H and O–H groups in total. The molecule has 0 aliphatic carbocycles. The summed E-state index contributed by atoms with van der Waals surface area (Å²) < 4.78 is 59.5. The number of aryl methyl sites for hydroxylation is 2. The van der Waals surface area contributed by atoms with E-state index in [-0.39, 0.29) is 15.9 Å². The third kappa shape index (κ3) is 5.62. The minimum atomic E-state index is -3.77. The van der Waals surface area contributed by atoms with Crippen LogP contribution in [0.5, 0.6) is 0 Å². The second kappa shape index (κ2) is 12.0. The number of fused-ring (bicyclic) bond motifs is 2. The Kier molecular flexibility index (Phi) is 8.08. The van der Waals surface area contributed by atoms with Crippen molar-refractivity contribution in [2.45, 2.75) is 29.7 Å². The van der Waals surface area contributed by atoms with E-state index in [0.717, 1.165) is 27.6 Å². The Hall–Kier alpha value is -5.46. The van der Waals surface area contributed by atoms with E-state index in [0.29, 0.717) is 34.2 Å². The van der Waals surface area contributed by atoms with Gasteiger partial charge in [0.1, 0.15) is 18.2 Å². The van der Waals surface area contributed by atoms with Crippen LogP contribution in [0.3, 0.4) is 0 Å². The summed E-state index contributed by atoms with van der Waals surface area (Å²) in [5.74, 6) is 0. The number of hydrogen-bond donors (Lipinski definition) is 0. The first-order valence-corrected chi connectivity index (χ1v) is 17.4. The molecule has 47 heavy (non-hydrogen) atoms. The molecule has 1 atom stereocenters. The minimum Gasteiger partial charge on any atom is -0.368 e. The smallest absolute Gasteiger partial charge is 0.268 e. The van der Waals surface area contributed by atoms with Crippen LogP contribution in [0, 0.1) is 36.5 Å². The van der Waals surface area contributed by atoms with Gasteiger partial charge in [0, 0.05) is 23.2 Å². The van der Waals surface area contributed by atoms with E-state index in [2.05, 4.69) is 18.7 Å². The Morgan fingerprint density at radius 2 is 1.15 bits per heavy atom. The summed E-state index contributed by atoms with van der Waals surface area (Å²) in [4.78, 5) is 0.385. The molecule has 2 aromatic heterocycles. The molecule has 1 aliphatic heterocycles. The van der Waals surface area contributed by atoms with Gasteiger partial charge in [-0.05, 0) is 73.5 Å². The number of ether oxygens (including phenoxy) is 1. The van der Waals surface area contributed by atoms with E-state index >= 15 is 0 Å². The Morgan fingerprint density at radius 3 is 1.60 bits per heavy atom. The highest BCUT2D eigenvalue weighted by Gasteiger charge is 2.30. The fourth-order valence-corrected chi connectivity index (χ4v) is 8.15. The van der Waals surface area contributed by atoms with Crippen LogP contribution in [0.1, 0.15) is 39.5 Å². The predicted octanol–water partition coefficient (Wildman–Crippen LogP) is 6.83. The number of epoxide rings is 1. The van der Waals surface area contributed by atoms with Crippen LogP contribution in [-0.4, -0.2) is 31.4 Å². The Morgan fingerprint density at radius 1 is 0.702 bits per heavy atom. The second-order valence-electron chi connectivity index (χ2n) is 11.0. The largest absolute Gasteiger partial charge is 0.368 e. The van der Waals surface area contributed by atoms with Crippen molar-refractivity contribution in [1.29, 1.82) is 10.5 Å². The zero-order valence-electron chi connectivity index (χ0n) is 25.5. The van der Waals surface area contributed by atoms with Gasteiger partial charge in [-0.3, -0.25) is 0 Å². The normalized spacial score (nSPS) is 14.2. The van der Waals surface area contributed by atoms with Crippen LogP contribution >= 0.6 is 0 Å². The summed E-state index contributed by atoms with van der Waals surface area (Å²) in [6, 6.07) is 27.7. The lowest BCUT2D eigenvalue weighted by Crippen LogP contribution is -2.12. The summed E-state index contributed by atoms with van der Waals surface area (Å²) >= 11 is 0. The van der Waals surface area contributed by atoms with Crippen LogP contribution in [0.15, 0.2) is 114 Å². The second-order valence-corrected chi connectivity index (χ2v) is 14.7. The van der Waals surface area contributed by atoms with Crippen molar-refractivity contribution >= 4 is 47.9 Å². The first-order valence-electron chi connectivity index (χ1n) is 14.5. The van der Waals surface area contributed by atoms with Gasteiger partial charge in [0.05, 0.1) is 38.6 Å². The van der Waals surface area contributed by atoms with Crippen LogP contribution in [0.4, 0.5) is 0 Å². The van der Waals surface area contributed by atoms with E-state index in [1.807, 2.05) is 19.9 Å². The molecule has 0 radical (unpaired) electrons. The number of aromatic nitrogens is 2. The number of rotatable bonds is 6. The Balaban J connectivity index is 0.000000165. The molecule has 1 unspecified atom stereocenters. The molecule has 234 valence electrons. The number of hydrogen-bond acceptors (Lipinski definition) is 7. The third-order valence-electron chi connectivity index (χ3n) is 7.99. The molecular formula is C36H28N4O5S2. The van der Waals surface area contributed by atoms with Gasteiger partial charge in [-0.1, -0.05) is 60.2 Å². The molecule has 1 fully saturated rings. The predicted molar refractivity (Wildman–Crippen MR) is 180 cm³/mol. The molecule has 7 rings (SSSR count). The summed E-state index contributed by atoms with van der Waals surface area (Å²) in [6.45, 7) is 8.15. The van der Waals surface area contributed by atoms with E-state index in [9.17, 15) is 27.4 Å². The fourth-order valence-electron chi connectivity index (χ4n) is 5.42. The quantitative estimate of drug-likeness (QED) is 0.179. The highest BCUT2D eigenvalue weighted by molar-refractivity contribution is 7.90. The number of nitriles is 2. The van der Waals surface area contributed by atoms with Crippen LogP contribution < -0.4 is 0 Å². The lowest BCUT2D eigenvalue weighted by atomic mass is 10.0. The molecule has 0 bridgehead atoms. The highest BCUT2D eigenvalue weighted by atomic mass is 32.2. The van der Waals surface area contributed by atoms with Gasteiger partial charge in [0.25, 0.3) is 20.0 Å². The van der Waals surface area contributed by atoms with Crippen LogP contribution in [0.2, 0.25) is 0 Å². The molecule has 1 aliphatic rings. The summed E-state index contributed by atoms with van der Waals surface area (Å²) in [5.41, 5.74) is 5.10. The lowest BCUT2D eigenvalue weighted by molar-refractivity contribution is 0.417. The zero-order chi connectivity index (χ0) is 33.5. The maximum atomic E-state index is 13.0. The van der Waals surface area contributed by atoms with E-state index in [4.69, 9.17) is 4.74 Å². The summed E-state index contributed by atoms with van der Waals surface area (Å²) in [5, 5.41) is 20.2. The van der Waals surface area contributed by atoms with Crippen molar-refractivity contribution in [3.05, 3.63) is 137 Å². The SMILES string of the molecule is C=Cc1ccc(C#N)c2c1ccn2S(=O)(=O)c1ccc(C)cc1.Cc1ccc(S(=O)(=O)n2ccc3c(C4CO4)ccc(C#N)c32)cc1. The first kappa shape index (κ1) is 31.5. The van der Waals surface area contributed by atoms with E-state index < -0.39 is 20.0 Å². The zero-order valence-corrected chi connectivity index (χ0v) is 27.1. The van der Waals surface area contributed by atoms with Gasteiger partial charge in [0.2, 0.25) is 0 Å². The van der Waals surface area contributed by atoms with Crippen LogP contribution in [0.25, 0.3) is 27.9 Å². The van der Waals surface area contributed by atoms with Crippen molar-refractivity contribution in [3.63, 3.8) is 0 Å². The maximum Gasteiger partial charge on any atom is 0.268 e. The summed E-state index contributed by atoms with van der Waals surface area (Å²) in [6.07, 6.45) is 4.62. The molecule has 9 nitrogen and oxygen atoms in total. The van der Waals surface area contributed by atoms with Gasteiger partial charge in [-0.25, -0.2) is 24.8 Å². The molecule has 4 aromatic carbocycles. The standard InChI is InChI=1S/C18H14N2O3S.C18H14N2O2S/c1-12-2-5-14(6-3-12)24(21,22)20-9-8-16-15(17-11-23-17)7-4-13(10-19)18(16)20;1-3-14-6-7-15(12-19)18-17(14)10-11-20(18)23(21,22)16-8-4-13(2)5-9-16/h2-9,17H,11H2,1H3;3-11H,1H2,2H3. The number of benzene rings is 4. The van der Waals surface area contributed by atoms with Crippen molar-refractivity contribution in [1.82, 2.24) is 7.94 Å². The van der Waals surface area contributed by atoms with E-state index in [1.165, 1.54) is 20.3 Å². The van der Waals surface area contributed by atoms with Crippen molar-refractivity contribution in [2.24, 2.45) is 0 Å². The molecule has 0 saturated carbocycles. The van der Waals surface area contributed by atoms with Gasteiger partial charge >= 0.3 is 0 Å². The topological polar surface area (TPSA) is 138 Å². The van der Waals surface area contributed by atoms with Gasteiger partial charge < -0.3 is 4.74 Å². The molecule has 0 spiro atoms. The Labute approximate surface area is 272 Å². The Bertz CT molecular complexity index is 2490. The minimum absolute atomic E-state index is 0.0156. The lowest BCUT2D eigenvalue weighted by Gasteiger charge is -2.10. The number of nitrogens with zero attached hydrogens (tertiary/aromatic N) is 4. The maximum absolute atomic E-state index is 13.0. The van der Waals surface area contributed by atoms with Crippen molar-refractivity contribution < 1.29 is 21.6 Å². The average molecular weight is 661 g/mol. The molecule has 3 heterocycles.